The number of pyridine rings is 1. The Balaban J connectivity index is 2.07. The molecule has 0 saturated carbocycles. The zero-order valence-electron chi connectivity index (χ0n) is 11.5. The lowest BCUT2D eigenvalue weighted by atomic mass is 10.1. The number of hydrogen-bond donors (Lipinski definition) is 2. The summed E-state index contributed by atoms with van der Waals surface area (Å²) in [5.74, 6) is -0.160. The second-order valence-corrected chi connectivity index (χ2v) is 5.01. The summed E-state index contributed by atoms with van der Waals surface area (Å²) in [4.78, 5) is 16.3. The molecule has 2 heterocycles. The number of carbonyl (C=O) groups excluding carboxylic acids is 1. The number of aromatic amines is 1. The Morgan fingerprint density at radius 3 is 2.90 bits per heavy atom. The number of aromatic nitrogens is 3. The van der Waals surface area contributed by atoms with E-state index in [1.807, 2.05) is 6.92 Å². The van der Waals surface area contributed by atoms with E-state index in [4.69, 9.17) is 11.6 Å². The fourth-order valence-electron chi connectivity index (χ4n) is 1.90. The minimum absolute atomic E-state index is 0.160. The van der Waals surface area contributed by atoms with Crippen molar-refractivity contribution in [3.8, 4) is 0 Å². The number of nitrogens with zero attached hydrogens (tertiary/aromatic N) is 2. The Labute approximate surface area is 122 Å². The first-order valence-corrected chi connectivity index (χ1v) is 6.91. The molecule has 20 heavy (non-hydrogen) atoms. The number of carbonyl (C=O) groups is 1. The van der Waals surface area contributed by atoms with E-state index in [2.05, 4.69) is 27.4 Å². The number of halogens is 1. The number of hydrogen-bond acceptors (Lipinski definition) is 3. The molecule has 0 aromatic carbocycles. The maximum Gasteiger partial charge on any atom is 0.251 e. The van der Waals surface area contributed by atoms with Gasteiger partial charge in [0.15, 0.2) is 0 Å². The highest BCUT2D eigenvalue weighted by molar-refractivity contribution is 6.29. The average Bonchev–Trinajstić information content (AvgIpc) is 2.81. The van der Waals surface area contributed by atoms with Gasteiger partial charge in [-0.1, -0.05) is 24.9 Å². The SMILES string of the molecule is CCCc1cc(C(=O)NCc2cn[nH]c2C)cc(Cl)n1. The zero-order chi connectivity index (χ0) is 14.5. The van der Waals surface area contributed by atoms with Gasteiger partial charge in [0.2, 0.25) is 0 Å². The predicted molar refractivity (Wildman–Crippen MR) is 77.7 cm³/mol. The van der Waals surface area contributed by atoms with Crippen molar-refractivity contribution in [2.75, 3.05) is 0 Å². The largest absolute Gasteiger partial charge is 0.348 e. The molecule has 0 aliphatic rings. The number of nitrogens with one attached hydrogen (secondary N) is 2. The van der Waals surface area contributed by atoms with E-state index in [0.717, 1.165) is 29.8 Å². The van der Waals surface area contributed by atoms with Crippen LogP contribution in [0.25, 0.3) is 0 Å². The van der Waals surface area contributed by atoms with Crippen molar-refractivity contribution in [3.05, 3.63) is 46.0 Å². The first kappa shape index (κ1) is 14.5. The van der Waals surface area contributed by atoms with Gasteiger partial charge in [-0.25, -0.2) is 4.98 Å². The van der Waals surface area contributed by atoms with Crippen LogP contribution >= 0.6 is 11.6 Å². The van der Waals surface area contributed by atoms with Crippen molar-refractivity contribution in [2.45, 2.75) is 33.2 Å². The topological polar surface area (TPSA) is 70.7 Å². The molecule has 0 aliphatic carbocycles. The molecular weight excluding hydrogens is 276 g/mol. The van der Waals surface area contributed by atoms with Crippen molar-refractivity contribution < 1.29 is 4.79 Å². The van der Waals surface area contributed by atoms with Crippen LogP contribution in [0.15, 0.2) is 18.3 Å². The molecule has 0 aliphatic heterocycles. The minimum Gasteiger partial charge on any atom is -0.348 e. The molecule has 0 radical (unpaired) electrons. The Morgan fingerprint density at radius 2 is 2.25 bits per heavy atom. The van der Waals surface area contributed by atoms with Crippen LogP contribution in [0.4, 0.5) is 0 Å². The molecule has 0 atom stereocenters. The Kier molecular flexibility index (Phi) is 4.74. The molecule has 2 aromatic heterocycles. The fourth-order valence-corrected chi connectivity index (χ4v) is 2.12. The summed E-state index contributed by atoms with van der Waals surface area (Å²) < 4.78 is 0. The third-order valence-corrected chi connectivity index (χ3v) is 3.18. The average molecular weight is 293 g/mol. The molecule has 5 nitrogen and oxygen atoms in total. The Hall–Kier alpha value is -1.88. The molecule has 0 bridgehead atoms. The molecule has 0 saturated heterocycles. The van der Waals surface area contributed by atoms with Gasteiger partial charge in [-0.15, -0.1) is 0 Å². The van der Waals surface area contributed by atoms with Gasteiger partial charge in [-0.2, -0.15) is 5.10 Å². The van der Waals surface area contributed by atoms with E-state index >= 15 is 0 Å². The molecule has 0 unspecified atom stereocenters. The molecule has 1 amide bonds. The van der Waals surface area contributed by atoms with Crippen molar-refractivity contribution in [3.63, 3.8) is 0 Å². The summed E-state index contributed by atoms with van der Waals surface area (Å²) in [6.07, 6.45) is 3.47. The molecule has 106 valence electrons. The lowest BCUT2D eigenvalue weighted by molar-refractivity contribution is 0.0950. The molecule has 6 heteroatoms. The lowest BCUT2D eigenvalue weighted by Crippen LogP contribution is -2.23. The summed E-state index contributed by atoms with van der Waals surface area (Å²) in [6.45, 7) is 4.41. The van der Waals surface area contributed by atoms with E-state index < -0.39 is 0 Å². The number of rotatable bonds is 5. The maximum atomic E-state index is 12.1. The van der Waals surface area contributed by atoms with Crippen LogP contribution in [0.1, 0.15) is 40.7 Å². The van der Waals surface area contributed by atoms with Crippen molar-refractivity contribution >= 4 is 17.5 Å². The number of aryl methyl sites for hydroxylation is 2. The maximum absolute atomic E-state index is 12.1. The Morgan fingerprint density at radius 1 is 1.45 bits per heavy atom. The van der Waals surface area contributed by atoms with Crippen LogP contribution in [0.3, 0.4) is 0 Å². The number of amides is 1. The molecule has 0 fully saturated rings. The smallest absolute Gasteiger partial charge is 0.251 e. The summed E-state index contributed by atoms with van der Waals surface area (Å²) in [5.41, 5.74) is 3.29. The summed E-state index contributed by atoms with van der Waals surface area (Å²) >= 11 is 5.95. The van der Waals surface area contributed by atoms with Crippen LogP contribution in [0.5, 0.6) is 0 Å². The van der Waals surface area contributed by atoms with Gasteiger partial charge in [-0.05, 0) is 25.5 Å². The van der Waals surface area contributed by atoms with E-state index in [1.54, 1.807) is 18.3 Å². The third-order valence-electron chi connectivity index (χ3n) is 2.99. The van der Waals surface area contributed by atoms with Gasteiger partial charge in [0.1, 0.15) is 5.15 Å². The first-order chi connectivity index (χ1) is 9.60. The van der Waals surface area contributed by atoms with Crippen LogP contribution in [-0.4, -0.2) is 21.1 Å². The molecule has 2 rings (SSSR count). The first-order valence-electron chi connectivity index (χ1n) is 6.53. The van der Waals surface area contributed by atoms with E-state index in [-0.39, 0.29) is 5.91 Å². The van der Waals surface area contributed by atoms with Crippen LogP contribution in [0.2, 0.25) is 5.15 Å². The lowest BCUT2D eigenvalue weighted by Gasteiger charge is -2.07. The standard InChI is InChI=1S/C14H17ClN4O/c1-3-4-12-5-10(6-13(15)18-12)14(20)16-7-11-8-17-19-9(11)2/h5-6,8H,3-4,7H2,1-2H3,(H,16,20)(H,17,19). The predicted octanol–water partition coefficient (Wildman–Crippen LogP) is 2.65. The van der Waals surface area contributed by atoms with Gasteiger partial charge in [0.05, 0.1) is 6.20 Å². The summed E-state index contributed by atoms with van der Waals surface area (Å²) in [5, 5.41) is 9.95. The number of H-pyrrole nitrogens is 1. The van der Waals surface area contributed by atoms with E-state index in [9.17, 15) is 4.79 Å². The fraction of sp³-hybridized carbons (Fsp3) is 0.357. The van der Waals surface area contributed by atoms with E-state index in [0.29, 0.717) is 17.3 Å². The van der Waals surface area contributed by atoms with Crippen LogP contribution < -0.4 is 5.32 Å². The zero-order valence-corrected chi connectivity index (χ0v) is 12.3. The Bertz CT molecular complexity index is 609. The monoisotopic (exact) mass is 292 g/mol. The third kappa shape index (κ3) is 3.57. The van der Waals surface area contributed by atoms with Gasteiger partial charge >= 0.3 is 0 Å². The molecular formula is C14H17ClN4O. The highest BCUT2D eigenvalue weighted by Gasteiger charge is 2.10. The van der Waals surface area contributed by atoms with Gasteiger partial charge in [-0.3, -0.25) is 9.89 Å². The van der Waals surface area contributed by atoms with Crippen LogP contribution in [-0.2, 0) is 13.0 Å². The molecule has 2 aromatic rings. The highest BCUT2D eigenvalue weighted by atomic mass is 35.5. The quantitative estimate of drug-likeness (QED) is 0.832. The highest BCUT2D eigenvalue weighted by Crippen LogP contribution is 2.13. The van der Waals surface area contributed by atoms with Gasteiger partial charge in [0.25, 0.3) is 5.91 Å². The van der Waals surface area contributed by atoms with Crippen molar-refractivity contribution in [2.24, 2.45) is 0 Å². The van der Waals surface area contributed by atoms with Gasteiger partial charge in [0, 0.05) is 29.1 Å². The summed E-state index contributed by atoms with van der Waals surface area (Å²) in [7, 11) is 0. The normalized spacial score (nSPS) is 10.6. The van der Waals surface area contributed by atoms with E-state index in [1.165, 1.54) is 0 Å². The summed E-state index contributed by atoms with van der Waals surface area (Å²) in [6, 6.07) is 3.37. The van der Waals surface area contributed by atoms with Crippen molar-refractivity contribution in [1.82, 2.24) is 20.5 Å². The minimum atomic E-state index is -0.160. The second kappa shape index (κ2) is 6.52. The second-order valence-electron chi connectivity index (χ2n) is 4.62. The molecule has 0 spiro atoms. The van der Waals surface area contributed by atoms with Crippen molar-refractivity contribution in [1.29, 1.82) is 0 Å². The van der Waals surface area contributed by atoms with Gasteiger partial charge < -0.3 is 5.32 Å². The van der Waals surface area contributed by atoms with Crippen LogP contribution in [0, 0.1) is 6.92 Å². The molecule has 2 N–H and O–H groups in total.